The van der Waals surface area contributed by atoms with E-state index in [4.69, 9.17) is 9.72 Å². The Balaban J connectivity index is 1.37. The van der Waals surface area contributed by atoms with Gasteiger partial charge < -0.3 is 15.2 Å². The van der Waals surface area contributed by atoms with E-state index in [0.29, 0.717) is 34.5 Å². The van der Waals surface area contributed by atoms with Crippen molar-refractivity contribution in [1.82, 2.24) is 29.9 Å². The Morgan fingerprint density at radius 3 is 2.49 bits per heavy atom. The molecule has 55 heavy (non-hydrogen) atoms. The number of sulfonamides is 1. The fraction of sp³-hybridized carbons (Fsp3) is 0.351. The third kappa shape index (κ3) is 8.13. The Morgan fingerprint density at radius 2 is 1.82 bits per heavy atom. The lowest BCUT2D eigenvalue weighted by molar-refractivity contribution is -0.143. The molecule has 288 valence electrons. The minimum atomic E-state index is -4.84. The summed E-state index contributed by atoms with van der Waals surface area (Å²) >= 11 is 0. The molecule has 1 aliphatic heterocycles. The van der Waals surface area contributed by atoms with E-state index in [1.165, 1.54) is 18.5 Å². The van der Waals surface area contributed by atoms with Crippen molar-refractivity contribution in [2.75, 3.05) is 17.6 Å². The second-order valence-electron chi connectivity index (χ2n) is 14.2. The molecule has 1 fully saturated rings. The van der Waals surface area contributed by atoms with Gasteiger partial charge in [-0.25, -0.2) is 22.2 Å². The van der Waals surface area contributed by atoms with Gasteiger partial charge >= 0.3 is 6.18 Å². The number of pyridine rings is 1. The Kier molecular flexibility index (Phi) is 9.36. The molecule has 5 aromatic rings. The van der Waals surface area contributed by atoms with Crippen molar-refractivity contribution < 1.29 is 45.0 Å². The SMILES string of the molecule is Cn1nc(NS(C)(=O)=O)c2cccc(-c3ccc(C#CC(C)(C)O)nc3[C@H](Cc3cc(F)cc(F)c3)NC(=O)Cn3nc(C(F)(F)F)c4c3C3CC3CO4)c21. The van der Waals surface area contributed by atoms with Crippen LogP contribution in [0.4, 0.5) is 27.8 Å². The molecular formula is C37H34F5N7O5S. The first-order valence-electron chi connectivity index (χ1n) is 17.0. The Hall–Kier alpha value is -5.54. The molecule has 18 heteroatoms. The van der Waals surface area contributed by atoms with E-state index in [2.05, 4.69) is 32.1 Å². The summed E-state index contributed by atoms with van der Waals surface area (Å²) in [5.41, 5.74) is -0.778. The molecule has 1 aliphatic carbocycles. The number of carbonyl (C=O) groups excluding carboxylic acids is 1. The molecule has 0 radical (unpaired) electrons. The number of benzene rings is 2. The van der Waals surface area contributed by atoms with E-state index < -0.39 is 63.4 Å². The average molecular weight is 784 g/mol. The number of hydrogen-bond donors (Lipinski definition) is 3. The normalized spacial score (nSPS) is 17.1. The van der Waals surface area contributed by atoms with Crippen LogP contribution in [0.25, 0.3) is 22.0 Å². The van der Waals surface area contributed by atoms with E-state index in [0.717, 1.165) is 23.1 Å². The zero-order valence-corrected chi connectivity index (χ0v) is 30.6. The van der Waals surface area contributed by atoms with Crippen LogP contribution in [-0.2, 0) is 41.0 Å². The van der Waals surface area contributed by atoms with Crippen molar-refractivity contribution >= 4 is 32.7 Å². The van der Waals surface area contributed by atoms with Crippen molar-refractivity contribution in [2.24, 2.45) is 13.0 Å². The number of nitrogens with one attached hydrogen (secondary N) is 2. The number of halogens is 5. The number of nitrogens with zero attached hydrogens (tertiary/aromatic N) is 5. The van der Waals surface area contributed by atoms with Crippen molar-refractivity contribution in [1.29, 1.82) is 0 Å². The number of alkyl halides is 3. The summed E-state index contributed by atoms with van der Waals surface area (Å²) in [7, 11) is -2.14. The van der Waals surface area contributed by atoms with E-state index in [1.807, 2.05) is 0 Å². The standard InChI is InChI=1S/C37H34F5N7O5S/c1-36(2,51)11-10-23-8-9-24(25-6-5-7-26-31(25)48(3)46-35(26)47-55(4,52)53)30(43-23)28(14-19-12-21(38)16-22(39)13-19)44-29(50)17-49-32-27-15-20(27)18-54-33(32)34(45-49)37(40,41)42/h5-9,12-13,16,20,27-28,51H,14-15,17-18H2,1-4H3,(H,44,50)(H,46,47)/t20?,27?,28-/m0/s1. The van der Waals surface area contributed by atoms with Gasteiger partial charge in [0.05, 0.1) is 35.8 Å². The summed E-state index contributed by atoms with van der Waals surface area (Å²) < 4.78 is 106. The summed E-state index contributed by atoms with van der Waals surface area (Å²) in [6.07, 6.45) is -3.53. The Labute approximate surface area is 311 Å². The molecule has 4 heterocycles. The number of rotatable bonds is 9. The third-order valence-electron chi connectivity index (χ3n) is 9.11. The molecule has 0 saturated heterocycles. The zero-order chi connectivity index (χ0) is 39.6. The molecule has 2 unspecified atom stereocenters. The lowest BCUT2D eigenvalue weighted by atomic mass is 9.93. The molecule has 1 amide bonds. The number of aliphatic hydroxyl groups is 1. The minimum absolute atomic E-state index is 0.00471. The van der Waals surface area contributed by atoms with Crippen LogP contribution in [0.5, 0.6) is 5.75 Å². The predicted octanol–water partition coefficient (Wildman–Crippen LogP) is 5.22. The van der Waals surface area contributed by atoms with E-state index >= 15 is 0 Å². The lowest BCUT2D eigenvalue weighted by Crippen LogP contribution is -2.34. The number of aryl methyl sites for hydroxylation is 1. The van der Waals surface area contributed by atoms with Gasteiger partial charge in [0.25, 0.3) is 0 Å². The first-order chi connectivity index (χ1) is 25.7. The lowest BCUT2D eigenvalue weighted by Gasteiger charge is -2.23. The zero-order valence-electron chi connectivity index (χ0n) is 29.8. The maximum absolute atomic E-state index is 14.5. The highest BCUT2D eigenvalue weighted by atomic mass is 32.2. The van der Waals surface area contributed by atoms with Crippen LogP contribution in [0.3, 0.4) is 0 Å². The third-order valence-corrected chi connectivity index (χ3v) is 9.67. The molecule has 1 saturated carbocycles. The molecule has 3 N–H and O–H groups in total. The van der Waals surface area contributed by atoms with Gasteiger partial charge in [-0.15, -0.1) is 0 Å². The molecule has 2 aromatic carbocycles. The van der Waals surface area contributed by atoms with Gasteiger partial charge in [-0.1, -0.05) is 18.1 Å². The van der Waals surface area contributed by atoms with Gasteiger partial charge in [0.2, 0.25) is 21.6 Å². The highest BCUT2D eigenvalue weighted by molar-refractivity contribution is 7.92. The number of hydrogen-bond acceptors (Lipinski definition) is 8. The fourth-order valence-electron chi connectivity index (χ4n) is 6.84. The Bertz CT molecular complexity index is 2510. The van der Waals surface area contributed by atoms with Crippen molar-refractivity contribution in [3.8, 4) is 28.7 Å². The topological polar surface area (TPSA) is 153 Å². The Morgan fingerprint density at radius 1 is 1.09 bits per heavy atom. The first-order valence-corrected chi connectivity index (χ1v) is 18.9. The quantitative estimate of drug-likeness (QED) is 0.136. The minimum Gasteiger partial charge on any atom is -0.489 e. The van der Waals surface area contributed by atoms with E-state index in [1.54, 1.807) is 37.4 Å². The second kappa shape index (κ2) is 13.6. The van der Waals surface area contributed by atoms with Gasteiger partial charge in [-0.05, 0) is 68.5 Å². The number of ether oxygens (including phenoxy) is 1. The molecule has 3 atom stereocenters. The maximum Gasteiger partial charge on any atom is 0.438 e. The van der Waals surface area contributed by atoms with Crippen LogP contribution in [-0.4, -0.2) is 62.4 Å². The molecule has 2 aliphatic rings. The number of aromatic nitrogens is 5. The van der Waals surface area contributed by atoms with Crippen molar-refractivity contribution in [3.05, 3.63) is 88.5 Å². The highest BCUT2D eigenvalue weighted by Crippen LogP contribution is 2.56. The molecule has 0 bridgehead atoms. The van der Waals surface area contributed by atoms with Crippen molar-refractivity contribution in [2.45, 2.75) is 57.0 Å². The first kappa shape index (κ1) is 37.8. The second-order valence-corrected chi connectivity index (χ2v) is 16.0. The fourth-order valence-corrected chi connectivity index (χ4v) is 7.34. The number of carbonyl (C=O) groups is 1. The van der Waals surface area contributed by atoms with Crippen LogP contribution in [0.2, 0.25) is 0 Å². The summed E-state index contributed by atoms with van der Waals surface area (Å²) in [6.45, 7) is 2.40. The van der Waals surface area contributed by atoms with Crippen LogP contribution in [0, 0.1) is 29.4 Å². The van der Waals surface area contributed by atoms with Crippen LogP contribution in [0.1, 0.15) is 60.6 Å². The number of amides is 1. The van der Waals surface area contributed by atoms with Gasteiger partial charge in [0.15, 0.2) is 11.6 Å². The van der Waals surface area contributed by atoms with Gasteiger partial charge in [-0.3, -0.25) is 18.9 Å². The molecule has 3 aromatic heterocycles. The summed E-state index contributed by atoms with van der Waals surface area (Å²) in [6, 6.07) is 9.86. The van der Waals surface area contributed by atoms with Crippen LogP contribution >= 0.6 is 0 Å². The number of para-hydroxylation sites is 1. The summed E-state index contributed by atoms with van der Waals surface area (Å²) in [4.78, 5) is 18.7. The van der Waals surface area contributed by atoms with Gasteiger partial charge in [-0.2, -0.15) is 23.4 Å². The highest BCUT2D eigenvalue weighted by Gasteiger charge is 2.51. The predicted molar refractivity (Wildman–Crippen MR) is 190 cm³/mol. The monoisotopic (exact) mass is 783 g/mol. The van der Waals surface area contributed by atoms with Crippen LogP contribution in [0.15, 0.2) is 48.5 Å². The summed E-state index contributed by atoms with van der Waals surface area (Å²) in [5, 5.41) is 21.7. The number of anilines is 1. The van der Waals surface area contributed by atoms with Gasteiger partial charge in [0, 0.05) is 41.5 Å². The maximum atomic E-state index is 14.5. The molecule has 0 spiro atoms. The summed E-state index contributed by atoms with van der Waals surface area (Å²) in [5.74, 6) is 2.32. The molecular weight excluding hydrogens is 750 g/mol. The van der Waals surface area contributed by atoms with Crippen LogP contribution < -0.4 is 14.8 Å². The van der Waals surface area contributed by atoms with Crippen molar-refractivity contribution in [3.63, 3.8) is 0 Å². The van der Waals surface area contributed by atoms with E-state index in [9.17, 15) is 40.3 Å². The largest absolute Gasteiger partial charge is 0.489 e. The van der Waals surface area contributed by atoms with Gasteiger partial charge in [0.1, 0.15) is 29.5 Å². The smallest absolute Gasteiger partial charge is 0.438 e. The molecule has 7 rings (SSSR count). The average Bonchev–Trinajstić information content (AvgIpc) is 3.67. The number of fused-ring (bicyclic) bond motifs is 4. The molecule has 12 nitrogen and oxygen atoms in total. The van der Waals surface area contributed by atoms with E-state index in [-0.39, 0.29) is 53.3 Å².